The molecule has 0 spiro atoms. The Balaban J connectivity index is 2.07. The molecular weight excluding hydrogens is 398 g/mol. The number of halogens is 1. The van der Waals surface area contributed by atoms with Crippen molar-refractivity contribution in [2.45, 2.75) is 6.92 Å². The maximum atomic E-state index is 5.24. The molecular formula is C19H18BrN3OS. The lowest BCUT2D eigenvalue weighted by molar-refractivity contribution is 0.415. The van der Waals surface area contributed by atoms with Crippen LogP contribution in [-0.2, 0) is 0 Å². The number of ether oxygens (including phenoxy) is 1. The van der Waals surface area contributed by atoms with Gasteiger partial charge >= 0.3 is 0 Å². The molecule has 0 aliphatic rings. The molecule has 25 heavy (non-hydrogen) atoms. The predicted molar refractivity (Wildman–Crippen MR) is 108 cm³/mol. The van der Waals surface area contributed by atoms with Crippen molar-refractivity contribution in [2.24, 2.45) is 10.1 Å². The van der Waals surface area contributed by atoms with Gasteiger partial charge in [-0.25, -0.2) is 4.68 Å². The Kier molecular flexibility index (Phi) is 5.50. The van der Waals surface area contributed by atoms with Crippen LogP contribution in [0, 0.1) is 0 Å². The number of nitrogens with zero attached hydrogens (tertiary/aromatic N) is 3. The van der Waals surface area contributed by atoms with Crippen LogP contribution in [0.15, 0.2) is 68.5 Å². The molecule has 3 aromatic rings. The van der Waals surface area contributed by atoms with E-state index in [-0.39, 0.29) is 0 Å². The molecule has 2 aromatic carbocycles. The fourth-order valence-corrected chi connectivity index (χ4v) is 3.47. The number of benzene rings is 2. The zero-order valence-electron chi connectivity index (χ0n) is 14.2. The van der Waals surface area contributed by atoms with E-state index in [1.54, 1.807) is 25.5 Å². The van der Waals surface area contributed by atoms with Crippen LogP contribution in [0.2, 0.25) is 0 Å². The van der Waals surface area contributed by atoms with E-state index >= 15 is 0 Å². The second-order valence-electron chi connectivity index (χ2n) is 5.36. The number of aromatic nitrogens is 1. The van der Waals surface area contributed by atoms with Gasteiger partial charge in [-0.15, -0.1) is 11.3 Å². The molecule has 0 atom stereocenters. The molecule has 0 bridgehead atoms. The Hall–Kier alpha value is -2.18. The molecule has 0 saturated heterocycles. The van der Waals surface area contributed by atoms with E-state index in [1.807, 2.05) is 60.1 Å². The Morgan fingerprint density at radius 3 is 2.36 bits per heavy atom. The first-order valence-electron chi connectivity index (χ1n) is 7.71. The molecule has 0 radical (unpaired) electrons. The van der Waals surface area contributed by atoms with E-state index < -0.39 is 0 Å². The fourth-order valence-electron chi connectivity index (χ4n) is 2.41. The highest BCUT2D eigenvalue weighted by atomic mass is 79.9. The lowest BCUT2D eigenvalue weighted by atomic mass is 10.1. The smallest absolute Gasteiger partial charge is 0.205 e. The normalized spacial score (nSPS) is 12.5. The Bertz CT molecular complexity index is 954. The third-order valence-electron chi connectivity index (χ3n) is 3.77. The van der Waals surface area contributed by atoms with Crippen molar-refractivity contribution in [2.75, 3.05) is 14.2 Å². The Morgan fingerprint density at radius 2 is 1.76 bits per heavy atom. The van der Waals surface area contributed by atoms with Gasteiger partial charge in [0.05, 0.1) is 18.5 Å². The molecule has 0 aliphatic heterocycles. The van der Waals surface area contributed by atoms with Crippen LogP contribution in [0.5, 0.6) is 5.75 Å². The van der Waals surface area contributed by atoms with E-state index in [1.165, 1.54) is 0 Å². The summed E-state index contributed by atoms with van der Waals surface area (Å²) in [5.74, 6) is 0.834. The van der Waals surface area contributed by atoms with Gasteiger partial charge in [0.2, 0.25) is 4.80 Å². The highest BCUT2D eigenvalue weighted by molar-refractivity contribution is 9.10. The van der Waals surface area contributed by atoms with E-state index in [4.69, 9.17) is 9.84 Å². The van der Waals surface area contributed by atoms with Gasteiger partial charge < -0.3 is 4.74 Å². The molecule has 0 amide bonds. The van der Waals surface area contributed by atoms with Gasteiger partial charge in [-0.1, -0.05) is 28.1 Å². The third kappa shape index (κ3) is 3.91. The monoisotopic (exact) mass is 415 g/mol. The number of hydrogen-bond acceptors (Lipinski definition) is 4. The summed E-state index contributed by atoms with van der Waals surface area (Å²) in [7, 11) is 3.45. The maximum Gasteiger partial charge on any atom is 0.205 e. The van der Waals surface area contributed by atoms with Gasteiger partial charge in [-0.05, 0) is 48.9 Å². The van der Waals surface area contributed by atoms with Crippen molar-refractivity contribution >= 4 is 33.0 Å². The zero-order valence-corrected chi connectivity index (χ0v) is 16.6. The van der Waals surface area contributed by atoms with Gasteiger partial charge in [0, 0.05) is 22.5 Å². The highest BCUT2D eigenvalue weighted by Crippen LogP contribution is 2.23. The lowest BCUT2D eigenvalue weighted by Gasteiger charge is -2.07. The minimum absolute atomic E-state index is 0.834. The van der Waals surface area contributed by atoms with Crippen molar-refractivity contribution in [3.8, 4) is 17.0 Å². The molecule has 0 fully saturated rings. The number of rotatable bonds is 4. The van der Waals surface area contributed by atoms with Gasteiger partial charge in [0.1, 0.15) is 5.75 Å². The summed E-state index contributed by atoms with van der Waals surface area (Å²) < 4.78 is 8.18. The first-order chi connectivity index (χ1) is 12.1. The van der Waals surface area contributed by atoms with Gasteiger partial charge in [-0.3, -0.25) is 4.99 Å². The Morgan fingerprint density at radius 1 is 1.08 bits per heavy atom. The average Bonchev–Trinajstić information content (AvgIpc) is 3.05. The SMILES string of the molecule is CN=c1scc(-c2ccc(OC)cc2)n1N=C(C)c1ccc(Br)cc1. The van der Waals surface area contributed by atoms with Crippen molar-refractivity contribution in [3.63, 3.8) is 0 Å². The molecule has 4 nitrogen and oxygen atoms in total. The van der Waals surface area contributed by atoms with Crippen LogP contribution in [0.25, 0.3) is 11.3 Å². The van der Waals surface area contributed by atoms with E-state index in [2.05, 4.69) is 26.3 Å². The number of thiazole rings is 1. The van der Waals surface area contributed by atoms with Gasteiger partial charge in [0.15, 0.2) is 0 Å². The van der Waals surface area contributed by atoms with Crippen LogP contribution in [0.4, 0.5) is 0 Å². The molecule has 128 valence electrons. The van der Waals surface area contributed by atoms with Crippen LogP contribution in [-0.4, -0.2) is 24.5 Å². The van der Waals surface area contributed by atoms with Crippen LogP contribution in [0.1, 0.15) is 12.5 Å². The van der Waals surface area contributed by atoms with Crippen molar-refractivity contribution in [1.29, 1.82) is 0 Å². The summed E-state index contributed by atoms with van der Waals surface area (Å²) in [6.45, 7) is 2.01. The van der Waals surface area contributed by atoms with Crippen molar-refractivity contribution in [3.05, 3.63) is 68.7 Å². The summed E-state index contributed by atoms with van der Waals surface area (Å²) in [5.41, 5.74) is 4.07. The van der Waals surface area contributed by atoms with Gasteiger partial charge in [-0.2, -0.15) is 5.10 Å². The molecule has 6 heteroatoms. The zero-order chi connectivity index (χ0) is 17.8. The molecule has 1 aromatic heterocycles. The highest BCUT2D eigenvalue weighted by Gasteiger charge is 2.09. The maximum absolute atomic E-state index is 5.24. The fraction of sp³-hybridized carbons (Fsp3) is 0.158. The summed E-state index contributed by atoms with van der Waals surface area (Å²) in [6, 6.07) is 16.1. The summed E-state index contributed by atoms with van der Waals surface area (Å²) in [4.78, 5) is 5.20. The molecule has 0 saturated carbocycles. The molecule has 0 N–H and O–H groups in total. The molecule has 0 aliphatic carbocycles. The largest absolute Gasteiger partial charge is 0.497 e. The first kappa shape index (κ1) is 17.6. The van der Waals surface area contributed by atoms with E-state index in [9.17, 15) is 0 Å². The molecule has 3 rings (SSSR count). The van der Waals surface area contributed by atoms with Crippen LogP contribution < -0.4 is 9.54 Å². The summed E-state index contributed by atoms with van der Waals surface area (Å²) in [5, 5.41) is 6.88. The van der Waals surface area contributed by atoms with E-state index in [0.29, 0.717) is 0 Å². The van der Waals surface area contributed by atoms with Crippen molar-refractivity contribution < 1.29 is 4.74 Å². The lowest BCUT2D eigenvalue weighted by Crippen LogP contribution is -2.13. The quantitative estimate of drug-likeness (QED) is 0.564. The standard InChI is InChI=1S/C19H18BrN3OS/c1-13(14-4-8-16(20)9-5-14)22-23-18(12-25-19(23)21-2)15-6-10-17(24-3)11-7-15/h4-12H,1-3H3. The van der Waals surface area contributed by atoms with Gasteiger partial charge in [0.25, 0.3) is 0 Å². The van der Waals surface area contributed by atoms with Crippen molar-refractivity contribution in [1.82, 2.24) is 4.68 Å². The second-order valence-corrected chi connectivity index (χ2v) is 7.11. The van der Waals surface area contributed by atoms with E-state index in [0.717, 1.165) is 37.6 Å². The molecule has 1 heterocycles. The number of methoxy groups -OCH3 is 1. The summed E-state index contributed by atoms with van der Waals surface area (Å²) >= 11 is 5.03. The minimum atomic E-state index is 0.834. The average molecular weight is 416 g/mol. The first-order valence-corrected chi connectivity index (χ1v) is 9.39. The Labute approximate surface area is 159 Å². The van der Waals surface area contributed by atoms with Crippen LogP contribution in [0.3, 0.4) is 0 Å². The summed E-state index contributed by atoms with van der Waals surface area (Å²) in [6.07, 6.45) is 0. The third-order valence-corrected chi connectivity index (χ3v) is 5.21. The second kappa shape index (κ2) is 7.80. The molecule has 0 unspecified atom stereocenters. The number of hydrogen-bond donors (Lipinski definition) is 0. The predicted octanol–water partition coefficient (Wildman–Crippen LogP) is 4.79. The minimum Gasteiger partial charge on any atom is -0.497 e. The topological polar surface area (TPSA) is 38.9 Å². The van der Waals surface area contributed by atoms with Crippen LogP contribution >= 0.6 is 27.3 Å².